The van der Waals surface area contributed by atoms with Gasteiger partial charge in [-0.3, -0.25) is 4.79 Å². The molecule has 2 atom stereocenters. The number of sulfonamides is 1. The SMILES string of the molecule is CN(C)C(c1cccs1)C1CCC(CCNC(=O)COCC2CCCN(S(=O)(=O)c3ccccc3)C2)CC1. The van der Waals surface area contributed by atoms with Crippen molar-refractivity contribution < 1.29 is 17.9 Å². The Hall–Kier alpha value is -1.78. The Bertz CT molecular complexity index is 1080. The summed E-state index contributed by atoms with van der Waals surface area (Å²) >= 11 is 1.86. The van der Waals surface area contributed by atoms with E-state index in [0.717, 1.165) is 19.3 Å². The lowest BCUT2D eigenvalue weighted by Gasteiger charge is -2.37. The Balaban J connectivity index is 1.11. The molecule has 4 rings (SSSR count). The Kier molecular flexibility index (Phi) is 10.8. The molecule has 1 saturated heterocycles. The van der Waals surface area contributed by atoms with Crippen LogP contribution in [0.4, 0.5) is 0 Å². The summed E-state index contributed by atoms with van der Waals surface area (Å²) < 4.78 is 33.1. The summed E-state index contributed by atoms with van der Waals surface area (Å²) in [6.45, 7) is 2.07. The molecule has 1 aliphatic heterocycles. The summed E-state index contributed by atoms with van der Waals surface area (Å²) in [5.74, 6) is 1.37. The largest absolute Gasteiger partial charge is 0.371 e. The fraction of sp³-hybridized carbons (Fsp3) is 0.621. The minimum absolute atomic E-state index is 0.0278. The van der Waals surface area contributed by atoms with Crippen molar-refractivity contribution in [2.75, 3.05) is 46.9 Å². The molecule has 0 radical (unpaired) electrons. The average molecular weight is 562 g/mol. The van der Waals surface area contributed by atoms with Crippen LogP contribution in [0.15, 0.2) is 52.7 Å². The maximum absolute atomic E-state index is 12.9. The maximum Gasteiger partial charge on any atom is 0.245 e. The average Bonchev–Trinajstić information content (AvgIpc) is 3.44. The molecule has 210 valence electrons. The second-order valence-electron chi connectivity index (χ2n) is 11.0. The Morgan fingerprint density at radius 3 is 2.53 bits per heavy atom. The highest BCUT2D eigenvalue weighted by Crippen LogP contribution is 2.41. The van der Waals surface area contributed by atoms with E-state index in [9.17, 15) is 13.2 Å². The normalized spacial score (nSPS) is 23.8. The van der Waals surface area contributed by atoms with Gasteiger partial charge in [-0.15, -0.1) is 11.3 Å². The van der Waals surface area contributed by atoms with E-state index >= 15 is 0 Å². The van der Waals surface area contributed by atoms with Crippen molar-refractivity contribution in [1.82, 2.24) is 14.5 Å². The van der Waals surface area contributed by atoms with Gasteiger partial charge in [0.15, 0.2) is 0 Å². The Morgan fingerprint density at radius 1 is 1.08 bits per heavy atom. The van der Waals surface area contributed by atoms with Crippen molar-refractivity contribution in [3.8, 4) is 0 Å². The van der Waals surface area contributed by atoms with Crippen LogP contribution in [-0.4, -0.2) is 70.5 Å². The van der Waals surface area contributed by atoms with Gasteiger partial charge in [0.25, 0.3) is 0 Å². The number of benzene rings is 1. The molecule has 9 heteroatoms. The van der Waals surface area contributed by atoms with Gasteiger partial charge in [-0.2, -0.15) is 4.31 Å². The summed E-state index contributed by atoms with van der Waals surface area (Å²) in [5, 5.41) is 5.19. The van der Waals surface area contributed by atoms with Crippen LogP contribution < -0.4 is 5.32 Å². The van der Waals surface area contributed by atoms with Gasteiger partial charge < -0.3 is 15.0 Å². The lowest BCUT2D eigenvalue weighted by molar-refractivity contribution is -0.126. The molecule has 2 heterocycles. The van der Waals surface area contributed by atoms with Crippen molar-refractivity contribution in [2.45, 2.75) is 55.9 Å². The summed E-state index contributed by atoms with van der Waals surface area (Å²) in [6.07, 6.45) is 7.64. The number of carbonyl (C=O) groups is 1. The van der Waals surface area contributed by atoms with Crippen LogP contribution in [0.25, 0.3) is 0 Å². The molecule has 1 N–H and O–H groups in total. The van der Waals surface area contributed by atoms with Crippen molar-refractivity contribution in [1.29, 1.82) is 0 Å². The lowest BCUT2D eigenvalue weighted by Crippen LogP contribution is -2.41. The first-order chi connectivity index (χ1) is 18.3. The molecular formula is C29H43N3O4S2. The first-order valence-electron chi connectivity index (χ1n) is 13.9. The molecule has 1 aliphatic carbocycles. The summed E-state index contributed by atoms with van der Waals surface area (Å²) in [5.41, 5.74) is 0. The molecule has 1 aromatic carbocycles. The lowest BCUT2D eigenvalue weighted by atomic mass is 9.76. The van der Waals surface area contributed by atoms with Crippen LogP contribution >= 0.6 is 11.3 Å². The molecule has 0 spiro atoms. The topological polar surface area (TPSA) is 79.0 Å². The van der Waals surface area contributed by atoms with Gasteiger partial charge >= 0.3 is 0 Å². The van der Waals surface area contributed by atoms with Crippen molar-refractivity contribution in [3.05, 3.63) is 52.7 Å². The number of carbonyl (C=O) groups excluding carboxylic acids is 1. The molecule has 0 bridgehead atoms. The number of amides is 1. The minimum atomic E-state index is -3.49. The molecule has 1 amide bonds. The van der Waals surface area contributed by atoms with Gasteiger partial charge in [-0.05, 0) is 87.5 Å². The van der Waals surface area contributed by atoms with Crippen LogP contribution in [0.2, 0.25) is 0 Å². The van der Waals surface area contributed by atoms with Crippen molar-refractivity contribution in [2.24, 2.45) is 17.8 Å². The van der Waals surface area contributed by atoms with E-state index in [-0.39, 0.29) is 18.4 Å². The molecule has 7 nitrogen and oxygen atoms in total. The monoisotopic (exact) mass is 561 g/mol. The molecule has 2 aromatic rings. The maximum atomic E-state index is 12.9. The van der Waals surface area contributed by atoms with Crippen LogP contribution in [0, 0.1) is 17.8 Å². The van der Waals surface area contributed by atoms with Gasteiger partial charge in [-0.25, -0.2) is 8.42 Å². The molecule has 2 unspecified atom stereocenters. The number of rotatable bonds is 12. The molecular weight excluding hydrogens is 518 g/mol. The van der Waals surface area contributed by atoms with Crippen molar-refractivity contribution >= 4 is 27.3 Å². The van der Waals surface area contributed by atoms with E-state index in [2.05, 4.69) is 41.8 Å². The van der Waals surface area contributed by atoms with E-state index in [1.165, 1.54) is 30.6 Å². The molecule has 1 saturated carbocycles. The molecule has 2 fully saturated rings. The fourth-order valence-electron chi connectivity index (χ4n) is 6.07. The highest BCUT2D eigenvalue weighted by Gasteiger charge is 2.31. The third-order valence-electron chi connectivity index (χ3n) is 8.05. The zero-order valence-electron chi connectivity index (χ0n) is 22.8. The quantitative estimate of drug-likeness (QED) is 0.404. The summed E-state index contributed by atoms with van der Waals surface area (Å²) in [6, 6.07) is 13.5. The standard InChI is InChI=1S/C29H43N3O4S2/c1-31(2)29(27-11-7-19-37-27)25-14-12-23(13-15-25)16-17-30-28(33)22-36-21-24-8-6-18-32(20-24)38(34,35)26-9-4-3-5-10-26/h3-5,7,9-11,19,23-25,29H,6,8,12-18,20-22H2,1-2H3,(H,30,33). The predicted molar refractivity (Wildman–Crippen MR) is 153 cm³/mol. The second kappa shape index (κ2) is 14.0. The number of nitrogens with zero attached hydrogens (tertiary/aromatic N) is 2. The van der Waals surface area contributed by atoms with E-state index in [4.69, 9.17) is 4.74 Å². The number of thiophene rings is 1. The first-order valence-corrected chi connectivity index (χ1v) is 16.3. The van der Waals surface area contributed by atoms with Crippen LogP contribution in [0.5, 0.6) is 0 Å². The van der Waals surface area contributed by atoms with Crippen LogP contribution in [0.1, 0.15) is 55.9 Å². The highest BCUT2D eigenvalue weighted by molar-refractivity contribution is 7.89. The van der Waals surface area contributed by atoms with Crippen LogP contribution in [0.3, 0.4) is 0 Å². The third kappa shape index (κ3) is 7.88. The molecule has 38 heavy (non-hydrogen) atoms. The minimum Gasteiger partial charge on any atom is -0.371 e. The fourth-order valence-corrected chi connectivity index (χ4v) is 8.66. The number of piperidine rings is 1. The van der Waals surface area contributed by atoms with Gasteiger partial charge in [0.05, 0.1) is 11.5 Å². The Labute approximate surface area is 232 Å². The summed E-state index contributed by atoms with van der Waals surface area (Å²) in [4.78, 5) is 16.5. The number of nitrogens with one attached hydrogen (secondary N) is 1. The predicted octanol–water partition coefficient (Wildman–Crippen LogP) is 4.78. The zero-order chi connectivity index (χ0) is 27.0. The third-order valence-corrected chi connectivity index (χ3v) is 10.9. The first kappa shape index (κ1) is 29.2. The van der Waals surface area contributed by atoms with E-state index < -0.39 is 10.0 Å². The Morgan fingerprint density at radius 2 is 1.84 bits per heavy atom. The summed E-state index contributed by atoms with van der Waals surface area (Å²) in [7, 11) is 0.884. The van der Waals surface area contributed by atoms with Crippen molar-refractivity contribution in [3.63, 3.8) is 0 Å². The zero-order valence-corrected chi connectivity index (χ0v) is 24.4. The number of ether oxygens (including phenoxy) is 1. The van der Waals surface area contributed by atoms with Crippen LogP contribution in [-0.2, 0) is 19.6 Å². The highest BCUT2D eigenvalue weighted by atomic mass is 32.2. The number of hydrogen-bond donors (Lipinski definition) is 1. The van der Waals surface area contributed by atoms with E-state index in [1.54, 1.807) is 28.6 Å². The van der Waals surface area contributed by atoms with Gasteiger partial charge in [-0.1, -0.05) is 37.1 Å². The molecule has 1 aromatic heterocycles. The van der Waals surface area contributed by atoms with Gasteiger partial charge in [0.1, 0.15) is 6.61 Å². The molecule has 2 aliphatic rings. The van der Waals surface area contributed by atoms with E-state index in [0.29, 0.717) is 49.0 Å². The van der Waals surface area contributed by atoms with Gasteiger partial charge in [0.2, 0.25) is 15.9 Å². The van der Waals surface area contributed by atoms with E-state index in [1.807, 2.05) is 17.4 Å². The number of hydrogen-bond acceptors (Lipinski definition) is 6. The van der Waals surface area contributed by atoms with Gasteiger partial charge in [0, 0.05) is 30.6 Å². The smallest absolute Gasteiger partial charge is 0.245 e. The second-order valence-corrected chi connectivity index (χ2v) is 14.0.